The third-order valence-electron chi connectivity index (χ3n) is 3.93. The highest BCUT2D eigenvalue weighted by Gasteiger charge is 2.09. The number of benzene rings is 1. The average Bonchev–Trinajstić information content (AvgIpc) is 3.32. The predicted octanol–water partition coefficient (Wildman–Crippen LogP) is 3.28. The summed E-state index contributed by atoms with van der Waals surface area (Å²) in [6.45, 7) is 2.60. The zero-order chi connectivity index (χ0) is 17.8. The van der Waals surface area contributed by atoms with Crippen LogP contribution in [0.3, 0.4) is 0 Å². The van der Waals surface area contributed by atoms with Gasteiger partial charge in [-0.1, -0.05) is 35.5 Å². The van der Waals surface area contributed by atoms with Crippen molar-refractivity contribution in [2.75, 3.05) is 11.9 Å². The average molecular weight is 346 g/mol. The molecule has 0 bridgehead atoms. The lowest BCUT2D eigenvalue weighted by molar-refractivity contribution is 0.394. The minimum absolute atomic E-state index is 0.530. The molecule has 7 nitrogen and oxygen atoms in total. The Morgan fingerprint density at radius 3 is 2.85 bits per heavy atom. The molecule has 0 aliphatic rings. The molecule has 0 aliphatic heterocycles. The topological polar surface area (TPSA) is 81.7 Å². The van der Waals surface area contributed by atoms with E-state index in [1.807, 2.05) is 24.4 Å². The summed E-state index contributed by atoms with van der Waals surface area (Å²) in [5, 5.41) is 11.7. The first-order valence-corrected chi connectivity index (χ1v) is 8.37. The number of anilines is 1. The molecule has 1 aromatic carbocycles. The van der Waals surface area contributed by atoms with E-state index in [-0.39, 0.29) is 0 Å². The minimum atomic E-state index is 0.530. The second kappa shape index (κ2) is 7.18. The maximum absolute atomic E-state index is 5.04. The van der Waals surface area contributed by atoms with Gasteiger partial charge in [-0.25, -0.2) is 9.67 Å². The van der Waals surface area contributed by atoms with E-state index < -0.39 is 0 Å². The molecule has 3 heterocycles. The first-order chi connectivity index (χ1) is 12.8. The Bertz CT molecular complexity index is 992. The zero-order valence-electron chi connectivity index (χ0n) is 14.3. The monoisotopic (exact) mass is 346 g/mol. The van der Waals surface area contributed by atoms with Crippen molar-refractivity contribution in [3.63, 3.8) is 0 Å². The summed E-state index contributed by atoms with van der Waals surface area (Å²) >= 11 is 0. The lowest BCUT2D eigenvalue weighted by atomic mass is 10.1. The summed E-state index contributed by atoms with van der Waals surface area (Å²) < 4.78 is 6.76. The molecule has 0 saturated heterocycles. The van der Waals surface area contributed by atoms with Crippen LogP contribution >= 0.6 is 0 Å². The van der Waals surface area contributed by atoms with Gasteiger partial charge in [0, 0.05) is 25.2 Å². The zero-order valence-corrected chi connectivity index (χ0v) is 14.3. The van der Waals surface area contributed by atoms with Crippen LogP contribution in [0.15, 0.2) is 65.6 Å². The molecule has 26 heavy (non-hydrogen) atoms. The van der Waals surface area contributed by atoms with Crippen molar-refractivity contribution in [1.29, 1.82) is 0 Å². The Balaban J connectivity index is 1.44. The molecule has 4 aromatic rings. The van der Waals surface area contributed by atoms with Crippen molar-refractivity contribution >= 4 is 5.69 Å². The van der Waals surface area contributed by atoms with Gasteiger partial charge in [-0.2, -0.15) is 10.1 Å². The van der Waals surface area contributed by atoms with E-state index in [4.69, 9.17) is 4.52 Å². The number of nitrogens with one attached hydrogen (secondary N) is 1. The second-order valence-corrected chi connectivity index (χ2v) is 5.88. The number of aromatic nitrogens is 5. The van der Waals surface area contributed by atoms with Gasteiger partial charge in [-0.15, -0.1) is 0 Å². The lowest BCUT2D eigenvalue weighted by Gasteiger charge is -2.04. The molecule has 0 amide bonds. The maximum atomic E-state index is 5.04. The van der Waals surface area contributed by atoms with Gasteiger partial charge in [-0.3, -0.25) is 0 Å². The molecule has 0 atom stereocenters. The smallest absolute Gasteiger partial charge is 0.223 e. The summed E-state index contributed by atoms with van der Waals surface area (Å²) in [4.78, 5) is 8.61. The van der Waals surface area contributed by atoms with Gasteiger partial charge in [0.2, 0.25) is 11.7 Å². The van der Waals surface area contributed by atoms with Crippen LogP contribution < -0.4 is 5.32 Å². The Morgan fingerprint density at radius 2 is 2.04 bits per heavy atom. The van der Waals surface area contributed by atoms with Gasteiger partial charge in [0.1, 0.15) is 0 Å². The Kier molecular flexibility index (Phi) is 4.42. The van der Waals surface area contributed by atoms with E-state index in [1.54, 1.807) is 24.0 Å². The molecule has 0 aliphatic carbocycles. The summed E-state index contributed by atoms with van der Waals surface area (Å²) in [6.07, 6.45) is 6.37. The van der Waals surface area contributed by atoms with Gasteiger partial charge in [0.05, 0.1) is 18.1 Å². The molecule has 0 spiro atoms. The minimum Gasteiger partial charge on any atom is -0.382 e. The molecule has 130 valence electrons. The quantitative estimate of drug-likeness (QED) is 0.577. The fraction of sp³-hybridized carbons (Fsp3) is 0.158. The molecule has 0 fully saturated rings. The molecule has 3 aromatic heterocycles. The number of rotatable bonds is 6. The van der Waals surface area contributed by atoms with Crippen LogP contribution in [0.1, 0.15) is 11.5 Å². The second-order valence-electron chi connectivity index (χ2n) is 5.88. The van der Waals surface area contributed by atoms with Crippen molar-refractivity contribution in [1.82, 2.24) is 24.9 Å². The van der Waals surface area contributed by atoms with Crippen molar-refractivity contribution in [2.45, 2.75) is 13.3 Å². The predicted molar refractivity (Wildman–Crippen MR) is 98.0 cm³/mol. The summed E-state index contributed by atoms with van der Waals surface area (Å²) in [5.41, 5.74) is 3.08. The van der Waals surface area contributed by atoms with Gasteiger partial charge >= 0.3 is 0 Å². The molecular formula is C19H18N6O. The summed E-state index contributed by atoms with van der Waals surface area (Å²) in [5.74, 6) is 1.77. The number of aryl methyl sites for hydroxylation is 1. The Morgan fingerprint density at radius 1 is 1.15 bits per heavy atom. The van der Waals surface area contributed by atoms with Gasteiger partial charge in [-0.05, 0) is 24.1 Å². The van der Waals surface area contributed by atoms with Crippen LogP contribution in [0.2, 0.25) is 0 Å². The highest BCUT2D eigenvalue weighted by Crippen LogP contribution is 2.18. The van der Waals surface area contributed by atoms with Crippen LogP contribution in [0.25, 0.3) is 17.2 Å². The maximum Gasteiger partial charge on any atom is 0.223 e. The normalized spacial score (nSPS) is 10.8. The molecule has 0 saturated carbocycles. The van der Waals surface area contributed by atoms with Crippen LogP contribution in [-0.2, 0) is 6.42 Å². The van der Waals surface area contributed by atoms with Crippen molar-refractivity contribution in [3.8, 4) is 17.2 Å². The van der Waals surface area contributed by atoms with Crippen LogP contribution in [0.4, 0.5) is 5.69 Å². The number of pyridine rings is 1. The molecule has 0 unspecified atom stereocenters. The van der Waals surface area contributed by atoms with E-state index >= 15 is 0 Å². The largest absolute Gasteiger partial charge is 0.382 e. The fourth-order valence-electron chi connectivity index (χ4n) is 2.63. The third kappa shape index (κ3) is 3.61. The van der Waals surface area contributed by atoms with Crippen LogP contribution in [-0.4, -0.2) is 31.4 Å². The van der Waals surface area contributed by atoms with Gasteiger partial charge in [0.15, 0.2) is 5.82 Å². The van der Waals surface area contributed by atoms with E-state index in [2.05, 4.69) is 49.8 Å². The van der Waals surface area contributed by atoms with E-state index in [0.29, 0.717) is 17.5 Å². The van der Waals surface area contributed by atoms with Crippen LogP contribution in [0.5, 0.6) is 0 Å². The first-order valence-electron chi connectivity index (χ1n) is 8.37. The van der Waals surface area contributed by atoms with Gasteiger partial charge < -0.3 is 9.84 Å². The van der Waals surface area contributed by atoms with E-state index in [0.717, 1.165) is 24.2 Å². The number of hydrogen-bond donors (Lipinski definition) is 1. The highest BCUT2D eigenvalue weighted by atomic mass is 16.5. The highest BCUT2D eigenvalue weighted by molar-refractivity contribution is 5.56. The van der Waals surface area contributed by atoms with Crippen molar-refractivity contribution in [3.05, 3.63) is 72.5 Å². The SMILES string of the molecule is Cc1nc(-c2ccnc(-n3cc(NCCc4ccccc4)cn3)c2)no1. The summed E-state index contributed by atoms with van der Waals surface area (Å²) in [7, 11) is 0. The van der Waals surface area contributed by atoms with E-state index in [9.17, 15) is 0 Å². The van der Waals surface area contributed by atoms with Crippen molar-refractivity contribution in [2.24, 2.45) is 0 Å². The molecular weight excluding hydrogens is 328 g/mol. The lowest BCUT2D eigenvalue weighted by Crippen LogP contribution is -2.04. The third-order valence-corrected chi connectivity index (χ3v) is 3.93. The summed E-state index contributed by atoms with van der Waals surface area (Å²) in [6, 6.07) is 14.1. The number of hydrogen-bond acceptors (Lipinski definition) is 6. The van der Waals surface area contributed by atoms with E-state index in [1.165, 1.54) is 5.56 Å². The Labute approximate surface area is 150 Å². The molecule has 4 rings (SSSR count). The molecule has 1 N–H and O–H groups in total. The Hall–Kier alpha value is -3.48. The molecule has 7 heteroatoms. The van der Waals surface area contributed by atoms with Crippen LogP contribution in [0, 0.1) is 6.92 Å². The standard InChI is InChI=1S/C19H18N6O/c1-14-23-19(24-26-14)16-8-10-21-18(11-16)25-13-17(12-22-25)20-9-7-15-5-3-2-4-6-15/h2-6,8,10-13,20H,7,9H2,1H3. The molecule has 0 radical (unpaired) electrons. The van der Waals surface area contributed by atoms with Crippen molar-refractivity contribution < 1.29 is 4.52 Å². The first kappa shape index (κ1) is 16.0. The van der Waals surface area contributed by atoms with Gasteiger partial charge in [0.25, 0.3) is 0 Å². The fourth-order valence-corrected chi connectivity index (χ4v) is 2.63. The number of nitrogens with zero attached hydrogens (tertiary/aromatic N) is 5.